The summed E-state index contributed by atoms with van der Waals surface area (Å²) in [7, 11) is 3.42. The van der Waals surface area contributed by atoms with Crippen molar-refractivity contribution in [2.45, 2.75) is 0 Å². The Balaban J connectivity index is 2.37. The van der Waals surface area contributed by atoms with Gasteiger partial charge in [-0.05, 0) is 12.1 Å². The summed E-state index contributed by atoms with van der Waals surface area (Å²) in [6.07, 6.45) is 0. The molecule has 0 unspecified atom stereocenters. The van der Waals surface area contributed by atoms with Crippen molar-refractivity contribution in [3.05, 3.63) is 35.2 Å². The molecular formula is C13H11NO2S. The molecule has 3 nitrogen and oxygen atoms in total. The van der Waals surface area contributed by atoms with Gasteiger partial charge in [-0.15, -0.1) is 11.3 Å². The van der Waals surface area contributed by atoms with Gasteiger partial charge < -0.3 is 9.30 Å². The first kappa shape index (κ1) is 10.4. The summed E-state index contributed by atoms with van der Waals surface area (Å²) in [5, 5.41) is 2.30. The van der Waals surface area contributed by atoms with Crippen LogP contribution in [0.4, 0.5) is 0 Å². The third-order valence-electron chi connectivity index (χ3n) is 2.96. The minimum Gasteiger partial charge on any atom is -0.465 e. The second-order valence-corrected chi connectivity index (χ2v) is 4.93. The minimum atomic E-state index is -0.268. The number of fused-ring (bicyclic) bond motifs is 3. The molecule has 0 radical (unpaired) electrons. The van der Waals surface area contributed by atoms with E-state index < -0.39 is 0 Å². The summed E-state index contributed by atoms with van der Waals surface area (Å²) in [5.41, 5.74) is 1.19. The van der Waals surface area contributed by atoms with Gasteiger partial charge in [0.15, 0.2) is 0 Å². The second-order valence-electron chi connectivity index (χ2n) is 3.90. The lowest BCUT2D eigenvalue weighted by molar-refractivity contribution is 0.0606. The summed E-state index contributed by atoms with van der Waals surface area (Å²) in [6, 6.07) is 10.1. The van der Waals surface area contributed by atoms with Gasteiger partial charge in [-0.2, -0.15) is 0 Å². The maximum atomic E-state index is 11.5. The molecule has 0 N–H and O–H groups in total. The summed E-state index contributed by atoms with van der Waals surface area (Å²) in [4.78, 5) is 13.3. The van der Waals surface area contributed by atoms with Crippen LogP contribution >= 0.6 is 11.3 Å². The lowest BCUT2D eigenvalue weighted by atomic mass is 10.2. The molecule has 0 fully saturated rings. The van der Waals surface area contributed by atoms with Crippen LogP contribution < -0.4 is 0 Å². The molecule has 86 valence electrons. The fraction of sp³-hybridized carbons (Fsp3) is 0.154. The molecule has 0 aliphatic rings. The number of aromatic nitrogens is 1. The van der Waals surface area contributed by atoms with Gasteiger partial charge in [-0.25, -0.2) is 4.79 Å². The van der Waals surface area contributed by atoms with E-state index in [9.17, 15) is 4.79 Å². The summed E-state index contributed by atoms with van der Waals surface area (Å²) < 4.78 is 6.86. The maximum absolute atomic E-state index is 11.5. The van der Waals surface area contributed by atoms with Gasteiger partial charge in [0.05, 0.1) is 7.11 Å². The monoisotopic (exact) mass is 245 g/mol. The molecule has 2 heterocycles. The molecule has 4 heteroatoms. The number of methoxy groups -OCH3 is 1. The standard InChI is InChI=1S/C13H11NO2S/c1-14-10-6-4-3-5-8(10)9-7-11(13(15)16-2)17-12(9)14/h3-7H,1-2H3. The van der Waals surface area contributed by atoms with E-state index >= 15 is 0 Å². The molecule has 2 aromatic heterocycles. The first-order valence-electron chi connectivity index (χ1n) is 5.27. The van der Waals surface area contributed by atoms with Crippen LogP contribution in [-0.4, -0.2) is 17.6 Å². The van der Waals surface area contributed by atoms with Gasteiger partial charge >= 0.3 is 5.97 Å². The number of para-hydroxylation sites is 1. The van der Waals surface area contributed by atoms with Crippen LogP contribution in [0.15, 0.2) is 30.3 Å². The molecule has 17 heavy (non-hydrogen) atoms. The molecular weight excluding hydrogens is 234 g/mol. The Morgan fingerprint density at radius 3 is 2.82 bits per heavy atom. The summed E-state index contributed by atoms with van der Waals surface area (Å²) >= 11 is 1.47. The second kappa shape index (κ2) is 3.60. The van der Waals surface area contributed by atoms with Gasteiger partial charge in [-0.3, -0.25) is 0 Å². The third-order valence-corrected chi connectivity index (χ3v) is 4.15. The Kier molecular flexibility index (Phi) is 2.19. The van der Waals surface area contributed by atoms with Crippen LogP contribution in [0, 0.1) is 0 Å². The van der Waals surface area contributed by atoms with Crippen molar-refractivity contribution in [1.82, 2.24) is 4.57 Å². The van der Waals surface area contributed by atoms with E-state index in [1.807, 2.05) is 25.2 Å². The highest BCUT2D eigenvalue weighted by Crippen LogP contribution is 2.34. The normalized spacial score (nSPS) is 11.2. The van der Waals surface area contributed by atoms with Gasteiger partial charge in [-0.1, -0.05) is 18.2 Å². The number of aryl methyl sites for hydroxylation is 1. The maximum Gasteiger partial charge on any atom is 0.348 e. The van der Waals surface area contributed by atoms with Crippen LogP contribution in [0.25, 0.3) is 21.1 Å². The van der Waals surface area contributed by atoms with Crippen LogP contribution in [0.2, 0.25) is 0 Å². The Morgan fingerprint density at radius 1 is 1.29 bits per heavy atom. The molecule has 0 aliphatic carbocycles. The van der Waals surface area contributed by atoms with Crippen LogP contribution in [0.3, 0.4) is 0 Å². The Labute approximate surface area is 102 Å². The highest BCUT2D eigenvalue weighted by Gasteiger charge is 2.15. The lowest BCUT2D eigenvalue weighted by Gasteiger charge is -1.96. The zero-order chi connectivity index (χ0) is 12.0. The molecule has 0 amide bonds. The van der Waals surface area contributed by atoms with Crippen molar-refractivity contribution in [1.29, 1.82) is 0 Å². The van der Waals surface area contributed by atoms with E-state index in [0.29, 0.717) is 4.88 Å². The van der Waals surface area contributed by atoms with E-state index in [-0.39, 0.29) is 5.97 Å². The van der Waals surface area contributed by atoms with Gasteiger partial charge in [0.25, 0.3) is 0 Å². The Bertz CT molecular complexity index is 724. The van der Waals surface area contributed by atoms with Gasteiger partial charge in [0, 0.05) is 23.3 Å². The molecule has 0 atom stereocenters. The van der Waals surface area contributed by atoms with E-state index in [1.54, 1.807) is 0 Å². The van der Waals surface area contributed by atoms with Gasteiger partial charge in [0.2, 0.25) is 0 Å². The molecule has 3 aromatic rings. The number of benzene rings is 1. The predicted molar refractivity (Wildman–Crippen MR) is 69.6 cm³/mol. The van der Waals surface area contributed by atoms with Crippen LogP contribution in [-0.2, 0) is 11.8 Å². The first-order valence-corrected chi connectivity index (χ1v) is 6.09. The average Bonchev–Trinajstić information content (AvgIpc) is 2.90. The fourth-order valence-electron chi connectivity index (χ4n) is 2.13. The smallest absolute Gasteiger partial charge is 0.348 e. The number of carbonyl (C=O) groups is 1. The molecule has 1 aromatic carbocycles. The molecule has 0 saturated carbocycles. The number of ether oxygens (including phenoxy) is 1. The number of nitrogens with zero attached hydrogens (tertiary/aromatic N) is 1. The largest absolute Gasteiger partial charge is 0.465 e. The minimum absolute atomic E-state index is 0.268. The topological polar surface area (TPSA) is 31.2 Å². The van der Waals surface area contributed by atoms with Crippen LogP contribution in [0.1, 0.15) is 9.67 Å². The number of rotatable bonds is 1. The quantitative estimate of drug-likeness (QED) is 0.616. The molecule has 0 saturated heterocycles. The number of hydrogen-bond donors (Lipinski definition) is 0. The molecule has 0 bridgehead atoms. The van der Waals surface area contributed by atoms with E-state index in [0.717, 1.165) is 10.2 Å². The Hall–Kier alpha value is -1.81. The van der Waals surface area contributed by atoms with Crippen molar-refractivity contribution in [2.24, 2.45) is 7.05 Å². The molecule has 0 aliphatic heterocycles. The fourth-order valence-corrected chi connectivity index (χ4v) is 3.19. The zero-order valence-corrected chi connectivity index (χ0v) is 10.4. The van der Waals surface area contributed by atoms with E-state index in [2.05, 4.69) is 16.7 Å². The highest BCUT2D eigenvalue weighted by molar-refractivity contribution is 7.20. The third kappa shape index (κ3) is 1.37. The Morgan fingerprint density at radius 2 is 2.06 bits per heavy atom. The van der Waals surface area contributed by atoms with Crippen molar-refractivity contribution in [3.8, 4) is 0 Å². The van der Waals surface area contributed by atoms with Crippen molar-refractivity contribution in [2.75, 3.05) is 7.11 Å². The summed E-state index contributed by atoms with van der Waals surface area (Å²) in [6.45, 7) is 0. The number of esters is 1. The highest BCUT2D eigenvalue weighted by atomic mass is 32.1. The zero-order valence-electron chi connectivity index (χ0n) is 9.56. The first-order chi connectivity index (χ1) is 8.22. The van der Waals surface area contributed by atoms with Crippen molar-refractivity contribution >= 4 is 38.4 Å². The SMILES string of the molecule is COC(=O)c1cc2c3ccccc3n(C)c2s1. The number of hydrogen-bond acceptors (Lipinski definition) is 3. The number of carbonyl (C=O) groups excluding carboxylic acids is 1. The van der Waals surface area contributed by atoms with E-state index in [4.69, 9.17) is 4.74 Å². The lowest BCUT2D eigenvalue weighted by Crippen LogP contribution is -1.96. The summed E-state index contributed by atoms with van der Waals surface area (Å²) in [5.74, 6) is -0.268. The molecule has 3 rings (SSSR count). The van der Waals surface area contributed by atoms with Crippen molar-refractivity contribution < 1.29 is 9.53 Å². The molecule has 0 spiro atoms. The predicted octanol–water partition coefficient (Wildman–Crippen LogP) is 3.18. The van der Waals surface area contributed by atoms with Crippen molar-refractivity contribution in [3.63, 3.8) is 0 Å². The number of thiophene rings is 1. The van der Waals surface area contributed by atoms with Gasteiger partial charge in [0.1, 0.15) is 9.71 Å². The average molecular weight is 245 g/mol. The van der Waals surface area contributed by atoms with E-state index in [1.165, 1.54) is 29.3 Å². The van der Waals surface area contributed by atoms with Crippen LogP contribution in [0.5, 0.6) is 0 Å².